The van der Waals surface area contributed by atoms with Crippen LogP contribution in [0.15, 0.2) is 54.6 Å². The average Bonchev–Trinajstić information content (AvgIpc) is 2.77. The summed E-state index contributed by atoms with van der Waals surface area (Å²) in [5, 5.41) is 10.7. The largest absolute Gasteiger partial charge is 0.392 e. The Bertz CT molecular complexity index is 655. The lowest BCUT2D eigenvalue weighted by atomic mass is 10.1. The van der Waals surface area contributed by atoms with Crippen LogP contribution in [0.2, 0.25) is 0 Å². The van der Waals surface area contributed by atoms with Gasteiger partial charge in [0.2, 0.25) is 0 Å². The zero-order valence-corrected chi connectivity index (χ0v) is 10.1. The fourth-order valence-corrected chi connectivity index (χ4v) is 2.39. The van der Waals surface area contributed by atoms with E-state index in [0.717, 1.165) is 28.6 Å². The van der Waals surface area contributed by atoms with Crippen molar-refractivity contribution in [3.8, 4) is 0 Å². The van der Waals surface area contributed by atoms with Crippen LogP contribution < -0.4 is 0 Å². The summed E-state index contributed by atoms with van der Waals surface area (Å²) < 4.78 is 0. The van der Waals surface area contributed by atoms with Gasteiger partial charge < -0.3 is 10.1 Å². The topological polar surface area (TPSA) is 36.0 Å². The molecule has 3 aromatic rings. The molecule has 0 radical (unpaired) electrons. The fourth-order valence-electron chi connectivity index (χ4n) is 2.39. The van der Waals surface area contributed by atoms with Gasteiger partial charge in [-0.2, -0.15) is 0 Å². The molecule has 2 nitrogen and oxygen atoms in total. The standard InChI is InChI=1S/C16H15NO/c18-11-14-13-8-4-5-9-15(13)17-16(14)10-12-6-2-1-3-7-12/h1-9,17-18H,10-11H2. The summed E-state index contributed by atoms with van der Waals surface area (Å²) in [6.45, 7) is 0.0756. The van der Waals surface area contributed by atoms with Crippen molar-refractivity contribution < 1.29 is 5.11 Å². The van der Waals surface area contributed by atoms with Gasteiger partial charge in [0.05, 0.1) is 6.61 Å². The predicted octanol–water partition coefficient (Wildman–Crippen LogP) is 3.25. The zero-order chi connectivity index (χ0) is 12.4. The van der Waals surface area contributed by atoms with E-state index in [-0.39, 0.29) is 6.61 Å². The molecular formula is C16H15NO. The fraction of sp³-hybridized carbons (Fsp3) is 0.125. The van der Waals surface area contributed by atoms with E-state index in [1.807, 2.05) is 42.5 Å². The van der Waals surface area contributed by atoms with Gasteiger partial charge in [-0.25, -0.2) is 0 Å². The number of aliphatic hydroxyl groups is 1. The van der Waals surface area contributed by atoms with E-state index >= 15 is 0 Å². The SMILES string of the molecule is OCc1c(Cc2ccccc2)[nH]c2ccccc12. The van der Waals surface area contributed by atoms with Crippen LogP contribution in [0.25, 0.3) is 10.9 Å². The Morgan fingerprint density at radius 3 is 2.39 bits per heavy atom. The molecule has 0 aliphatic carbocycles. The molecule has 0 saturated heterocycles. The molecule has 1 aromatic heterocycles. The van der Waals surface area contributed by atoms with E-state index in [0.29, 0.717) is 0 Å². The van der Waals surface area contributed by atoms with Crippen molar-refractivity contribution in [2.45, 2.75) is 13.0 Å². The van der Waals surface area contributed by atoms with Crippen molar-refractivity contribution >= 4 is 10.9 Å². The molecule has 0 aliphatic heterocycles. The Labute approximate surface area is 106 Å². The van der Waals surface area contributed by atoms with Crippen LogP contribution in [0.1, 0.15) is 16.8 Å². The average molecular weight is 237 g/mol. The molecule has 18 heavy (non-hydrogen) atoms. The molecule has 0 unspecified atom stereocenters. The van der Waals surface area contributed by atoms with E-state index in [9.17, 15) is 5.11 Å². The summed E-state index contributed by atoms with van der Waals surface area (Å²) >= 11 is 0. The minimum Gasteiger partial charge on any atom is -0.392 e. The van der Waals surface area contributed by atoms with Gasteiger partial charge in [-0.1, -0.05) is 48.5 Å². The number of hydrogen-bond acceptors (Lipinski definition) is 1. The van der Waals surface area contributed by atoms with Gasteiger partial charge in [0.15, 0.2) is 0 Å². The van der Waals surface area contributed by atoms with Crippen molar-refractivity contribution in [2.75, 3.05) is 0 Å². The maximum Gasteiger partial charge on any atom is 0.0705 e. The van der Waals surface area contributed by atoms with Crippen LogP contribution in [0.3, 0.4) is 0 Å². The zero-order valence-electron chi connectivity index (χ0n) is 10.1. The molecule has 3 rings (SSSR count). The van der Waals surface area contributed by atoms with E-state index < -0.39 is 0 Å². The van der Waals surface area contributed by atoms with E-state index in [4.69, 9.17) is 0 Å². The van der Waals surface area contributed by atoms with Crippen LogP contribution in [0.4, 0.5) is 0 Å². The first-order valence-electron chi connectivity index (χ1n) is 6.11. The summed E-state index contributed by atoms with van der Waals surface area (Å²) in [4.78, 5) is 3.40. The number of benzene rings is 2. The summed E-state index contributed by atoms with van der Waals surface area (Å²) in [6, 6.07) is 18.4. The second kappa shape index (κ2) is 4.67. The molecule has 0 spiro atoms. The lowest BCUT2D eigenvalue weighted by molar-refractivity contribution is 0.282. The maximum absolute atomic E-state index is 9.56. The maximum atomic E-state index is 9.56. The predicted molar refractivity (Wildman–Crippen MR) is 73.5 cm³/mol. The number of nitrogens with one attached hydrogen (secondary N) is 1. The highest BCUT2D eigenvalue weighted by Gasteiger charge is 2.10. The molecule has 0 aliphatic rings. The Morgan fingerprint density at radius 2 is 1.61 bits per heavy atom. The monoisotopic (exact) mass is 237 g/mol. The Balaban J connectivity index is 2.06. The molecular weight excluding hydrogens is 222 g/mol. The summed E-state index contributed by atoms with van der Waals surface area (Å²) in [7, 11) is 0. The van der Waals surface area contributed by atoms with Gasteiger partial charge in [-0.3, -0.25) is 0 Å². The van der Waals surface area contributed by atoms with Crippen LogP contribution in [0.5, 0.6) is 0 Å². The third kappa shape index (κ3) is 1.91. The lowest BCUT2D eigenvalue weighted by Crippen LogP contribution is -1.93. The molecule has 2 N–H and O–H groups in total. The summed E-state index contributed by atoms with van der Waals surface area (Å²) in [5.41, 5.74) is 4.45. The number of rotatable bonds is 3. The van der Waals surface area contributed by atoms with Crippen LogP contribution in [-0.2, 0) is 13.0 Å². The van der Waals surface area contributed by atoms with Gasteiger partial charge in [-0.05, 0) is 11.6 Å². The molecule has 0 bridgehead atoms. The first kappa shape index (κ1) is 11.1. The number of H-pyrrole nitrogens is 1. The highest BCUT2D eigenvalue weighted by molar-refractivity contribution is 5.84. The minimum absolute atomic E-state index is 0.0756. The Hall–Kier alpha value is -2.06. The van der Waals surface area contributed by atoms with Crippen LogP contribution in [0, 0.1) is 0 Å². The van der Waals surface area contributed by atoms with Crippen molar-refractivity contribution in [1.29, 1.82) is 0 Å². The number of aromatic amines is 1. The van der Waals surface area contributed by atoms with E-state index in [2.05, 4.69) is 17.1 Å². The first-order valence-corrected chi connectivity index (χ1v) is 6.11. The van der Waals surface area contributed by atoms with Crippen molar-refractivity contribution in [2.24, 2.45) is 0 Å². The van der Waals surface area contributed by atoms with E-state index in [1.165, 1.54) is 5.56 Å². The second-order valence-electron chi connectivity index (χ2n) is 4.45. The highest BCUT2D eigenvalue weighted by atomic mass is 16.3. The normalized spacial score (nSPS) is 10.9. The number of aromatic nitrogens is 1. The van der Waals surface area contributed by atoms with Gasteiger partial charge in [-0.15, -0.1) is 0 Å². The summed E-state index contributed by atoms with van der Waals surface area (Å²) in [6.07, 6.45) is 0.825. The van der Waals surface area contributed by atoms with Gasteiger partial charge in [0.25, 0.3) is 0 Å². The molecule has 0 saturated carbocycles. The number of para-hydroxylation sites is 1. The molecule has 2 aromatic carbocycles. The smallest absolute Gasteiger partial charge is 0.0705 e. The highest BCUT2D eigenvalue weighted by Crippen LogP contribution is 2.24. The van der Waals surface area contributed by atoms with Crippen molar-refractivity contribution in [1.82, 2.24) is 4.98 Å². The van der Waals surface area contributed by atoms with Crippen LogP contribution in [-0.4, -0.2) is 10.1 Å². The third-order valence-corrected chi connectivity index (χ3v) is 3.28. The lowest BCUT2D eigenvalue weighted by Gasteiger charge is -2.02. The third-order valence-electron chi connectivity index (χ3n) is 3.28. The quantitative estimate of drug-likeness (QED) is 0.720. The number of hydrogen-bond donors (Lipinski definition) is 2. The van der Waals surface area contributed by atoms with Gasteiger partial charge >= 0.3 is 0 Å². The molecule has 2 heteroatoms. The minimum atomic E-state index is 0.0756. The van der Waals surface area contributed by atoms with Gasteiger partial charge in [0.1, 0.15) is 0 Å². The Morgan fingerprint density at radius 1 is 0.889 bits per heavy atom. The molecule has 0 amide bonds. The summed E-state index contributed by atoms with van der Waals surface area (Å²) in [5.74, 6) is 0. The van der Waals surface area contributed by atoms with Crippen LogP contribution >= 0.6 is 0 Å². The molecule has 0 fully saturated rings. The van der Waals surface area contributed by atoms with Gasteiger partial charge in [0, 0.05) is 28.6 Å². The van der Waals surface area contributed by atoms with Crippen molar-refractivity contribution in [3.05, 3.63) is 71.4 Å². The molecule has 0 atom stereocenters. The number of aliphatic hydroxyl groups excluding tert-OH is 1. The van der Waals surface area contributed by atoms with Crippen molar-refractivity contribution in [3.63, 3.8) is 0 Å². The number of fused-ring (bicyclic) bond motifs is 1. The Kier molecular flexibility index (Phi) is 2.87. The first-order chi connectivity index (χ1) is 8.88. The second-order valence-corrected chi connectivity index (χ2v) is 4.45. The van der Waals surface area contributed by atoms with E-state index in [1.54, 1.807) is 0 Å². The molecule has 1 heterocycles. The molecule has 90 valence electrons.